The molecule has 0 aromatic heterocycles. The van der Waals surface area contributed by atoms with Crippen molar-refractivity contribution in [2.45, 2.75) is 51.0 Å². The number of nitrogens with zero attached hydrogens (tertiary/aromatic N) is 1. The fourth-order valence-electron chi connectivity index (χ4n) is 4.89. The number of hydrogen-bond donors (Lipinski definition) is 1. The monoisotopic (exact) mass is 313 g/mol. The summed E-state index contributed by atoms with van der Waals surface area (Å²) >= 11 is 0. The molecule has 1 N–H and O–H groups in total. The van der Waals surface area contributed by atoms with E-state index in [2.05, 4.69) is 12.1 Å². The second-order valence-corrected chi connectivity index (χ2v) is 7.32. The summed E-state index contributed by atoms with van der Waals surface area (Å²) in [4.78, 5) is 26.0. The highest BCUT2D eigenvalue weighted by Crippen LogP contribution is 2.42. The standard InChI is InChI=1S/C19H23NO3/c21-17(10-12-7-8-13-3-1-4-14(13)9-12)20-11-15-5-2-6-16(15)18(20)19(22)23/h7-9,15-16,18H,1-6,10-11H2,(H,22,23). The van der Waals surface area contributed by atoms with Crippen LogP contribution in [0.25, 0.3) is 0 Å². The van der Waals surface area contributed by atoms with Crippen molar-refractivity contribution in [3.63, 3.8) is 0 Å². The van der Waals surface area contributed by atoms with Crippen molar-refractivity contribution in [2.75, 3.05) is 6.54 Å². The average molecular weight is 313 g/mol. The van der Waals surface area contributed by atoms with E-state index in [1.54, 1.807) is 4.90 Å². The molecular weight excluding hydrogens is 290 g/mol. The van der Waals surface area contributed by atoms with E-state index in [-0.39, 0.29) is 11.8 Å². The molecule has 122 valence electrons. The van der Waals surface area contributed by atoms with Gasteiger partial charge in [-0.15, -0.1) is 0 Å². The molecule has 0 radical (unpaired) electrons. The van der Waals surface area contributed by atoms with Gasteiger partial charge in [-0.25, -0.2) is 4.79 Å². The Kier molecular flexibility index (Phi) is 3.63. The first-order chi connectivity index (χ1) is 11.1. The van der Waals surface area contributed by atoms with Crippen LogP contribution in [0.3, 0.4) is 0 Å². The lowest BCUT2D eigenvalue weighted by Crippen LogP contribution is -2.43. The summed E-state index contributed by atoms with van der Waals surface area (Å²) in [5, 5.41) is 9.58. The van der Waals surface area contributed by atoms with Gasteiger partial charge < -0.3 is 10.0 Å². The number of carbonyl (C=O) groups excluding carboxylic acids is 1. The first-order valence-corrected chi connectivity index (χ1v) is 8.76. The summed E-state index contributed by atoms with van der Waals surface area (Å²) in [5.41, 5.74) is 3.79. The van der Waals surface area contributed by atoms with Crippen molar-refractivity contribution in [1.82, 2.24) is 4.90 Å². The van der Waals surface area contributed by atoms with Crippen LogP contribution in [0.4, 0.5) is 0 Å². The molecule has 2 fully saturated rings. The first kappa shape index (κ1) is 14.7. The summed E-state index contributed by atoms with van der Waals surface area (Å²) in [6.07, 6.45) is 6.89. The molecule has 1 heterocycles. The Bertz CT molecular complexity index is 654. The quantitative estimate of drug-likeness (QED) is 0.932. The molecule has 1 aliphatic heterocycles. The lowest BCUT2D eigenvalue weighted by atomic mass is 9.94. The van der Waals surface area contributed by atoms with E-state index in [9.17, 15) is 14.7 Å². The van der Waals surface area contributed by atoms with Gasteiger partial charge in [-0.2, -0.15) is 0 Å². The van der Waals surface area contributed by atoms with Crippen LogP contribution >= 0.6 is 0 Å². The number of benzene rings is 1. The predicted molar refractivity (Wildman–Crippen MR) is 86.1 cm³/mol. The largest absolute Gasteiger partial charge is 0.480 e. The zero-order chi connectivity index (χ0) is 16.0. The summed E-state index contributed by atoms with van der Waals surface area (Å²) in [7, 11) is 0. The number of carboxylic acid groups (broad SMARTS) is 1. The van der Waals surface area contributed by atoms with Gasteiger partial charge in [0.25, 0.3) is 0 Å². The third-order valence-electron chi connectivity index (χ3n) is 5.98. The molecule has 23 heavy (non-hydrogen) atoms. The third-order valence-corrected chi connectivity index (χ3v) is 5.98. The van der Waals surface area contributed by atoms with E-state index >= 15 is 0 Å². The highest BCUT2D eigenvalue weighted by atomic mass is 16.4. The molecule has 1 aromatic rings. The summed E-state index contributed by atoms with van der Waals surface area (Å²) < 4.78 is 0. The zero-order valence-corrected chi connectivity index (χ0v) is 13.3. The van der Waals surface area contributed by atoms with Crippen LogP contribution < -0.4 is 0 Å². The zero-order valence-electron chi connectivity index (χ0n) is 13.3. The normalized spacial score (nSPS) is 28.7. The number of rotatable bonds is 3. The SMILES string of the molecule is O=C(O)C1C2CCCC2CN1C(=O)Cc1ccc2c(c1)CCC2. The van der Waals surface area contributed by atoms with Gasteiger partial charge in [-0.05, 0) is 60.6 Å². The van der Waals surface area contributed by atoms with Gasteiger partial charge in [0, 0.05) is 6.54 Å². The topological polar surface area (TPSA) is 57.6 Å². The maximum absolute atomic E-state index is 12.7. The molecule has 1 saturated heterocycles. The average Bonchev–Trinajstić information content (AvgIpc) is 3.20. The summed E-state index contributed by atoms with van der Waals surface area (Å²) in [6, 6.07) is 5.71. The Morgan fingerprint density at radius 1 is 1.13 bits per heavy atom. The predicted octanol–water partition coefficient (Wildman–Crippen LogP) is 2.43. The van der Waals surface area contributed by atoms with E-state index < -0.39 is 12.0 Å². The molecule has 3 atom stereocenters. The molecule has 0 bridgehead atoms. The summed E-state index contributed by atoms with van der Waals surface area (Å²) in [6.45, 7) is 0.630. The smallest absolute Gasteiger partial charge is 0.326 e. The van der Waals surface area contributed by atoms with Crippen molar-refractivity contribution >= 4 is 11.9 Å². The highest BCUT2D eigenvalue weighted by molar-refractivity contribution is 5.86. The Morgan fingerprint density at radius 3 is 2.78 bits per heavy atom. The molecule has 1 aromatic carbocycles. The van der Waals surface area contributed by atoms with Crippen molar-refractivity contribution in [3.05, 3.63) is 34.9 Å². The number of amides is 1. The van der Waals surface area contributed by atoms with Crippen LogP contribution in [0.5, 0.6) is 0 Å². The van der Waals surface area contributed by atoms with Crippen molar-refractivity contribution in [1.29, 1.82) is 0 Å². The van der Waals surface area contributed by atoms with Crippen LogP contribution in [-0.2, 0) is 28.9 Å². The molecule has 1 amide bonds. The van der Waals surface area contributed by atoms with E-state index in [0.29, 0.717) is 18.9 Å². The van der Waals surface area contributed by atoms with Crippen LogP contribution in [0.1, 0.15) is 42.4 Å². The molecule has 2 aliphatic carbocycles. The van der Waals surface area contributed by atoms with Gasteiger partial charge >= 0.3 is 5.97 Å². The van der Waals surface area contributed by atoms with E-state index in [4.69, 9.17) is 0 Å². The molecule has 4 nitrogen and oxygen atoms in total. The van der Waals surface area contributed by atoms with Crippen LogP contribution in [0.2, 0.25) is 0 Å². The number of likely N-dealkylation sites (tertiary alicyclic amines) is 1. The minimum atomic E-state index is -0.832. The van der Waals surface area contributed by atoms with E-state index in [0.717, 1.165) is 37.7 Å². The fraction of sp³-hybridized carbons (Fsp3) is 0.579. The van der Waals surface area contributed by atoms with Crippen molar-refractivity contribution < 1.29 is 14.7 Å². The van der Waals surface area contributed by atoms with E-state index in [1.807, 2.05) is 6.07 Å². The Balaban J connectivity index is 1.51. The van der Waals surface area contributed by atoms with Gasteiger partial charge in [0.1, 0.15) is 6.04 Å². The third kappa shape index (κ3) is 2.54. The van der Waals surface area contributed by atoms with Gasteiger partial charge in [-0.3, -0.25) is 4.79 Å². The first-order valence-electron chi connectivity index (χ1n) is 8.76. The second-order valence-electron chi connectivity index (χ2n) is 7.32. The summed E-state index contributed by atoms with van der Waals surface area (Å²) in [5.74, 6) is -0.303. The Hall–Kier alpha value is -1.84. The Labute approximate surface area is 136 Å². The molecule has 1 saturated carbocycles. The van der Waals surface area contributed by atoms with Gasteiger partial charge in [0.15, 0.2) is 0 Å². The minimum Gasteiger partial charge on any atom is -0.480 e. The number of carbonyl (C=O) groups is 2. The lowest BCUT2D eigenvalue weighted by Gasteiger charge is -2.24. The van der Waals surface area contributed by atoms with Gasteiger partial charge in [-0.1, -0.05) is 24.6 Å². The molecule has 3 unspecified atom stereocenters. The molecule has 4 heteroatoms. The number of fused-ring (bicyclic) bond motifs is 2. The minimum absolute atomic E-state index is 0.0234. The van der Waals surface area contributed by atoms with Gasteiger partial charge in [0.05, 0.1) is 6.42 Å². The van der Waals surface area contributed by atoms with Crippen molar-refractivity contribution in [2.24, 2.45) is 11.8 Å². The number of aliphatic carboxylic acids is 1. The fourth-order valence-corrected chi connectivity index (χ4v) is 4.89. The second kappa shape index (κ2) is 5.66. The maximum Gasteiger partial charge on any atom is 0.326 e. The van der Waals surface area contributed by atoms with Gasteiger partial charge in [0.2, 0.25) is 5.91 Å². The molecule has 0 spiro atoms. The van der Waals surface area contributed by atoms with Crippen LogP contribution in [-0.4, -0.2) is 34.5 Å². The number of aryl methyl sites for hydroxylation is 2. The van der Waals surface area contributed by atoms with Crippen LogP contribution in [0, 0.1) is 11.8 Å². The lowest BCUT2D eigenvalue weighted by molar-refractivity contribution is -0.149. The molecule has 3 aliphatic rings. The van der Waals surface area contributed by atoms with Crippen molar-refractivity contribution in [3.8, 4) is 0 Å². The van der Waals surface area contributed by atoms with Crippen LogP contribution in [0.15, 0.2) is 18.2 Å². The van der Waals surface area contributed by atoms with E-state index in [1.165, 1.54) is 17.5 Å². The molecule has 4 rings (SSSR count). The Morgan fingerprint density at radius 2 is 1.96 bits per heavy atom. The number of hydrogen-bond acceptors (Lipinski definition) is 2. The molecular formula is C19H23NO3. The maximum atomic E-state index is 12.7. The highest BCUT2D eigenvalue weighted by Gasteiger charge is 2.49. The number of carboxylic acids is 1.